The van der Waals surface area contributed by atoms with Crippen molar-refractivity contribution in [3.05, 3.63) is 69.7 Å². The summed E-state index contributed by atoms with van der Waals surface area (Å²) in [5, 5.41) is 20.7. The monoisotopic (exact) mass is 310 g/mol. The summed E-state index contributed by atoms with van der Waals surface area (Å²) in [5.41, 5.74) is 1.19. The molecule has 4 heteroatoms. The maximum atomic E-state index is 9.98. The number of aliphatic hydroxyl groups is 2. The Bertz CT molecular complexity index is 504. The summed E-state index contributed by atoms with van der Waals surface area (Å²) in [6.07, 6.45) is 0.423. The van der Waals surface area contributed by atoms with E-state index in [1.54, 1.807) is 24.3 Å². The second-order valence-corrected chi connectivity index (χ2v) is 5.60. The molecular formula is C16H16Cl2O2. The van der Waals surface area contributed by atoms with Crippen LogP contribution < -0.4 is 0 Å². The van der Waals surface area contributed by atoms with E-state index in [4.69, 9.17) is 23.2 Å². The fourth-order valence-electron chi connectivity index (χ4n) is 2.45. The molecule has 0 aromatic heterocycles. The van der Waals surface area contributed by atoms with E-state index in [1.807, 2.05) is 24.3 Å². The normalized spacial score (nSPS) is 11.6. The minimum atomic E-state index is -0.649. The van der Waals surface area contributed by atoms with E-state index in [1.165, 1.54) is 0 Å². The average Bonchev–Trinajstić information content (AvgIpc) is 2.47. The van der Waals surface area contributed by atoms with E-state index in [0.717, 1.165) is 11.1 Å². The molecule has 0 saturated carbocycles. The number of rotatable bonds is 5. The largest absolute Gasteiger partial charge is 0.396 e. The first kappa shape index (κ1) is 15.3. The third kappa shape index (κ3) is 2.99. The molecule has 2 rings (SSSR count). The molecule has 0 saturated heterocycles. The molecule has 0 aliphatic heterocycles. The second-order valence-electron chi connectivity index (χ2n) is 4.73. The van der Waals surface area contributed by atoms with Crippen molar-refractivity contribution in [2.75, 3.05) is 13.2 Å². The van der Waals surface area contributed by atoms with E-state index < -0.39 is 5.41 Å². The first-order valence-corrected chi connectivity index (χ1v) is 7.12. The van der Waals surface area contributed by atoms with Crippen LogP contribution in [0, 0.1) is 0 Å². The van der Waals surface area contributed by atoms with Crippen LogP contribution in [0.4, 0.5) is 0 Å². The first-order valence-electron chi connectivity index (χ1n) is 6.36. The molecule has 0 bridgehead atoms. The highest BCUT2D eigenvalue weighted by Gasteiger charge is 2.33. The molecular weight excluding hydrogens is 295 g/mol. The highest BCUT2D eigenvalue weighted by molar-refractivity contribution is 6.30. The number of hydrogen-bond acceptors (Lipinski definition) is 2. The summed E-state index contributed by atoms with van der Waals surface area (Å²) in [6, 6.07) is 14.7. The Morgan fingerprint density at radius 3 is 1.45 bits per heavy atom. The predicted octanol–water partition coefficient (Wildman–Crippen LogP) is 3.65. The van der Waals surface area contributed by atoms with Crippen LogP contribution in [0.5, 0.6) is 0 Å². The number of halogens is 2. The molecule has 2 N–H and O–H groups in total. The maximum Gasteiger partial charge on any atom is 0.0569 e. The van der Waals surface area contributed by atoms with Crippen molar-refractivity contribution in [3.8, 4) is 0 Å². The lowest BCUT2D eigenvalue weighted by molar-refractivity contribution is 0.177. The van der Waals surface area contributed by atoms with Gasteiger partial charge in [-0.3, -0.25) is 0 Å². The summed E-state index contributed by atoms with van der Waals surface area (Å²) in [6.45, 7) is -0.122. The summed E-state index contributed by atoms with van der Waals surface area (Å²) in [4.78, 5) is 0. The van der Waals surface area contributed by atoms with Crippen LogP contribution in [0.3, 0.4) is 0 Å². The van der Waals surface area contributed by atoms with E-state index >= 15 is 0 Å². The molecule has 106 valence electrons. The van der Waals surface area contributed by atoms with Crippen molar-refractivity contribution in [1.82, 2.24) is 0 Å². The zero-order valence-electron chi connectivity index (χ0n) is 10.9. The van der Waals surface area contributed by atoms with Crippen molar-refractivity contribution >= 4 is 23.2 Å². The van der Waals surface area contributed by atoms with Gasteiger partial charge in [0.25, 0.3) is 0 Å². The van der Waals surface area contributed by atoms with E-state index in [9.17, 15) is 10.2 Å². The third-order valence-electron chi connectivity index (χ3n) is 3.60. The molecule has 2 aromatic rings. The summed E-state index contributed by atoms with van der Waals surface area (Å²) >= 11 is 11.8. The number of aliphatic hydroxyl groups excluding tert-OH is 2. The second kappa shape index (κ2) is 6.59. The molecule has 0 atom stereocenters. The lowest BCUT2D eigenvalue weighted by atomic mass is 9.73. The number of benzene rings is 2. The van der Waals surface area contributed by atoms with Gasteiger partial charge in [-0.15, -0.1) is 0 Å². The molecule has 2 nitrogen and oxygen atoms in total. The Kier molecular flexibility index (Phi) is 5.06. The Balaban J connectivity index is 2.54. The van der Waals surface area contributed by atoms with E-state index in [-0.39, 0.29) is 13.2 Å². The summed E-state index contributed by atoms with van der Waals surface area (Å²) in [5.74, 6) is 0. The fourth-order valence-corrected chi connectivity index (χ4v) is 2.70. The van der Waals surface area contributed by atoms with Gasteiger partial charge >= 0.3 is 0 Å². The molecule has 0 aliphatic rings. The van der Waals surface area contributed by atoms with Crippen molar-refractivity contribution < 1.29 is 10.2 Å². The zero-order valence-corrected chi connectivity index (χ0v) is 12.4. The standard InChI is InChI=1S/C16H16Cl2O2/c17-14-5-1-12(2-6-14)16(11-20,9-10-19)13-3-7-15(18)8-4-13/h1-8,19-20H,9-11H2. The Morgan fingerprint density at radius 2 is 1.15 bits per heavy atom. The molecule has 20 heavy (non-hydrogen) atoms. The molecule has 2 aromatic carbocycles. The molecule has 0 radical (unpaired) electrons. The van der Waals surface area contributed by atoms with Crippen molar-refractivity contribution in [2.45, 2.75) is 11.8 Å². The van der Waals surface area contributed by atoms with Crippen LogP contribution in [0.25, 0.3) is 0 Å². The van der Waals surface area contributed by atoms with Gasteiger partial charge in [0.1, 0.15) is 0 Å². The molecule has 0 spiro atoms. The Morgan fingerprint density at radius 1 is 0.750 bits per heavy atom. The van der Waals surface area contributed by atoms with Crippen LogP contribution in [-0.2, 0) is 5.41 Å². The zero-order chi connectivity index (χ0) is 14.6. The van der Waals surface area contributed by atoms with Gasteiger partial charge in [0.05, 0.1) is 6.61 Å². The van der Waals surface area contributed by atoms with Crippen LogP contribution in [0.2, 0.25) is 10.0 Å². The van der Waals surface area contributed by atoms with Gasteiger partial charge in [-0.05, 0) is 41.8 Å². The molecule has 0 aliphatic carbocycles. The topological polar surface area (TPSA) is 40.5 Å². The van der Waals surface area contributed by atoms with Gasteiger partial charge in [0.2, 0.25) is 0 Å². The molecule has 0 amide bonds. The van der Waals surface area contributed by atoms with Gasteiger partial charge in [0.15, 0.2) is 0 Å². The minimum absolute atomic E-state index is 0.0220. The van der Waals surface area contributed by atoms with Crippen molar-refractivity contribution in [3.63, 3.8) is 0 Å². The lowest BCUT2D eigenvalue weighted by Gasteiger charge is -2.33. The SMILES string of the molecule is OCCC(CO)(c1ccc(Cl)cc1)c1ccc(Cl)cc1. The van der Waals surface area contributed by atoms with Gasteiger partial charge < -0.3 is 10.2 Å². The smallest absolute Gasteiger partial charge is 0.0569 e. The third-order valence-corrected chi connectivity index (χ3v) is 4.11. The summed E-state index contributed by atoms with van der Waals surface area (Å²) < 4.78 is 0. The van der Waals surface area contributed by atoms with Crippen LogP contribution in [0.15, 0.2) is 48.5 Å². The molecule has 0 fully saturated rings. The Labute approximate surface area is 128 Å². The molecule has 0 heterocycles. The van der Waals surface area contributed by atoms with Crippen molar-refractivity contribution in [1.29, 1.82) is 0 Å². The summed E-state index contributed by atoms with van der Waals surface area (Å²) in [7, 11) is 0. The van der Waals surface area contributed by atoms with Crippen molar-refractivity contribution in [2.24, 2.45) is 0 Å². The lowest BCUT2D eigenvalue weighted by Crippen LogP contribution is -2.33. The highest BCUT2D eigenvalue weighted by Crippen LogP contribution is 2.36. The average molecular weight is 311 g/mol. The predicted molar refractivity (Wildman–Crippen MR) is 82.5 cm³/mol. The van der Waals surface area contributed by atoms with Gasteiger partial charge in [-0.25, -0.2) is 0 Å². The van der Waals surface area contributed by atoms with Crippen LogP contribution >= 0.6 is 23.2 Å². The fraction of sp³-hybridized carbons (Fsp3) is 0.250. The van der Waals surface area contributed by atoms with Gasteiger partial charge in [0, 0.05) is 22.1 Å². The maximum absolute atomic E-state index is 9.98. The minimum Gasteiger partial charge on any atom is -0.396 e. The van der Waals surface area contributed by atoms with Gasteiger partial charge in [-0.1, -0.05) is 47.5 Å². The number of hydrogen-bond donors (Lipinski definition) is 2. The molecule has 0 unspecified atom stereocenters. The highest BCUT2D eigenvalue weighted by atomic mass is 35.5. The van der Waals surface area contributed by atoms with Gasteiger partial charge in [-0.2, -0.15) is 0 Å². The Hall–Kier alpha value is -1.06. The first-order chi connectivity index (χ1) is 9.62. The van der Waals surface area contributed by atoms with E-state index in [2.05, 4.69) is 0 Å². The van der Waals surface area contributed by atoms with Crippen LogP contribution in [0.1, 0.15) is 17.5 Å². The van der Waals surface area contributed by atoms with Crippen LogP contribution in [-0.4, -0.2) is 23.4 Å². The van der Waals surface area contributed by atoms with E-state index in [0.29, 0.717) is 16.5 Å². The quantitative estimate of drug-likeness (QED) is 0.885.